The molecule has 1 aromatic heterocycles. The Bertz CT molecular complexity index is 779. The van der Waals surface area contributed by atoms with E-state index in [-0.39, 0.29) is 33.3 Å². The predicted molar refractivity (Wildman–Crippen MR) is 79.9 cm³/mol. The van der Waals surface area contributed by atoms with E-state index >= 15 is 0 Å². The second kappa shape index (κ2) is 6.12. The molecule has 2 heterocycles. The molecule has 24 heavy (non-hydrogen) atoms. The molecule has 0 aliphatic carbocycles. The van der Waals surface area contributed by atoms with Gasteiger partial charge >= 0.3 is 6.18 Å². The summed E-state index contributed by atoms with van der Waals surface area (Å²) in [6, 6.07) is 4.08. The van der Waals surface area contributed by atoms with Crippen LogP contribution in [0.25, 0.3) is 11.1 Å². The molecule has 1 aliphatic heterocycles. The van der Waals surface area contributed by atoms with E-state index in [1.54, 1.807) is 0 Å². The van der Waals surface area contributed by atoms with Gasteiger partial charge in [-0.1, -0.05) is 17.7 Å². The molecule has 1 aliphatic rings. The lowest BCUT2D eigenvalue weighted by atomic mass is 9.90. The summed E-state index contributed by atoms with van der Waals surface area (Å²) in [5.74, 6) is -2.31. The first-order valence-electron chi connectivity index (χ1n) is 7.02. The summed E-state index contributed by atoms with van der Waals surface area (Å²) in [6.07, 6.45) is -3.65. The van der Waals surface area contributed by atoms with Crippen LogP contribution in [0.2, 0.25) is 5.02 Å². The topological polar surface area (TPSA) is 31.4 Å². The van der Waals surface area contributed by atoms with E-state index in [1.165, 1.54) is 31.5 Å². The highest BCUT2D eigenvalue weighted by Crippen LogP contribution is 2.42. The Hall–Kier alpha value is -2.02. The van der Waals surface area contributed by atoms with Gasteiger partial charge in [0.05, 0.1) is 24.2 Å². The van der Waals surface area contributed by atoms with Crippen LogP contribution in [-0.2, 0) is 6.42 Å². The molecule has 0 fully saturated rings. The van der Waals surface area contributed by atoms with Crippen LogP contribution < -0.4 is 9.47 Å². The normalized spacial score (nSPS) is 17.2. The minimum Gasteiger partial charge on any atom is -0.491 e. The summed E-state index contributed by atoms with van der Waals surface area (Å²) in [4.78, 5) is 3.91. The van der Waals surface area contributed by atoms with Crippen LogP contribution in [0.3, 0.4) is 0 Å². The average molecular weight is 362 g/mol. The maximum Gasteiger partial charge on any atom is 0.395 e. The van der Waals surface area contributed by atoms with Gasteiger partial charge in [0.15, 0.2) is 0 Å². The number of fused-ring (bicyclic) bond motifs is 3. The summed E-state index contributed by atoms with van der Waals surface area (Å²) < 4.78 is 64.4. The molecule has 0 bridgehead atoms. The monoisotopic (exact) mass is 361 g/mol. The largest absolute Gasteiger partial charge is 0.491 e. The molecule has 1 aromatic carbocycles. The van der Waals surface area contributed by atoms with E-state index in [2.05, 4.69) is 4.98 Å². The Balaban J connectivity index is 2.23. The number of aromatic nitrogens is 1. The van der Waals surface area contributed by atoms with E-state index < -0.39 is 30.9 Å². The lowest BCUT2D eigenvalue weighted by Gasteiger charge is -2.26. The minimum atomic E-state index is -4.47. The van der Waals surface area contributed by atoms with Gasteiger partial charge in [0, 0.05) is 17.2 Å². The van der Waals surface area contributed by atoms with Crippen LogP contribution >= 0.6 is 11.6 Å². The van der Waals surface area contributed by atoms with Crippen LogP contribution in [0.4, 0.5) is 17.6 Å². The first-order chi connectivity index (χ1) is 11.3. The molecule has 3 rings (SSSR count). The summed E-state index contributed by atoms with van der Waals surface area (Å²) in [5.41, 5.74) is 0.446. The average Bonchev–Trinajstić information content (AvgIpc) is 2.51. The molecule has 0 radical (unpaired) electrons. The lowest BCUT2D eigenvalue weighted by Crippen LogP contribution is -2.32. The third-order valence-electron chi connectivity index (χ3n) is 3.87. The molecule has 0 saturated carbocycles. The van der Waals surface area contributed by atoms with Crippen LogP contribution in [0.15, 0.2) is 24.4 Å². The van der Waals surface area contributed by atoms with Crippen molar-refractivity contribution in [3.8, 4) is 22.8 Å². The highest BCUT2D eigenvalue weighted by molar-refractivity contribution is 6.31. The number of pyridine rings is 1. The van der Waals surface area contributed by atoms with E-state index in [0.29, 0.717) is 0 Å². The molecule has 0 amide bonds. The Labute approximate surface area is 140 Å². The van der Waals surface area contributed by atoms with Crippen molar-refractivity contribution in [2.75, 3.05) is 13.7 Å². The quantitative estimate of drug-likeness (QED) is 0.692. The summed E-state index contributed by atoms with van der Waals surface area (Å²) in [7, 11) is 1.38. The van der Waals surface area contributed by atoms with Crippen molar-refractivity contribution in [1.29, 1.82) is 0 Å². The molecule has 0 unspecified atom stereocenters. The van der Waals surface area contributed by atoms with E-state index in [0.717, 1.165) is 0 Å². The Morgan fingerprint density at radius 3 is 2.75 bits per heavy atom. The number of rotatable bonds is 1. The van der Waals surface area contributed by atoms with Crippen molar-refractivity contribution < 1.29 is 27.0 Å². The van der Waals surface area contributed by atoms with Crippen LogP contribution in [-0.4, -0.2) is 24.9 Å². The first kappa shape index (κ1) is 16.8. The Morgan fingerprint density at radius 1 is 1.33 bits per heavy atom. The smallest absolute Gasteiger partial charge is 0.395 e. The molecular weight excluding hydrogens is 350 g/mol. The van der Waals surface area contributed by atoms with Crippen molar-refractivity contribution in [2.24, 2.45) is 5.92 Å². The highest BCUT2D eigenvalue weighted by atomic mass is 35.5. The molecule has 128 valence electrons. The fraction of sp³-hybridized carbons (Fsp3) is 0.312. The predicted octanol–water partition coefficient (Wildman–Crippen LogP) is 4.66. The lowest BCUT2D eigenvalue weighted by molar-refractivity contribution is -0.181. The molecular formula is C16H12ClF4NO2. The van der Waals surface area contributed by atoms with Crippen molar-refractivity contribution in [2.45, 2.75) is 12.6 Å². The summed E-state index contributed by atoms with van der Waals surface area (Å²) in [5, 5.41) is -0.181. The van der Waals surface area contributed by atoms with Gasteiger partial charge in [-0.2, -0.15) is 13.2 Å². The molecule has 2 aromatic rings. The molecule has 3 nitrogen and oxygen atoms in total. The fourth-order valence-corrected chi connectivity index (χ4v) is 2.78. The Kier molecular flexibility index (Phi) is 4.29. The first-order valence-corrected chi connectivity index (χ1v) is 7.40. The number of halogens is 5. The van der Waals surface area contributed by atoms with Gasteiger partial charge in [0.25, 0.3) is 0 Å². The number of methoxy groups -OCH3 is 1. The summed E-state index contributed by atoms with van der Waals surface area (Å²) >= 11 is 5.82. The zero-order valence-electron chi connectivity index (χ0n) is 12.5. The minimum absolute atomic E-state index is 0.0212. The fourth-order valence-electron chi connectivity index (χ4n) is 2.62. The molecule has 1 atom stereocenters. The number of hydrogen-bond donors (Lipinski definition) is 0. The zero-order chi connectivity index (χ0) is 17.5. The van der Waals surface area contributed by atoms with Crippen molar-refractivity contribution in [3.05, 3.63) is 40.8 Å². The van der Waals surface area contributed by atoms with Gasteiger partial charge in [-0.05, 0) is 18.1 Å². The Morgan fingerprint density at radius 2 is 2.08 bits per heavy atom. The van der Waals surface area contributed by atoms with E-state index in [4.69, 9.17) is 21.1 Å². The van der Waals surface area contributed by atoms with Gasteiger partial charge in [-0.3, -0.25) is 0 Å². The van der Waals surface area contributed by atoms with Gasteiger partial charge < -0.3 is 9.47 Å². The highest BCUT2D eigenvalue weighted by Gasteiger charge is 2.42. The number of alkyl halides is 3. The number of ether oxygens (including phenoxy) is 2. The van der Waals surface area contributed by atoms with E-state index in [9.17, 15) is 17.6 Å². The molecule has 0 saturated heterocycles. The molecule has 8 heteroatoms. The SMILES string of the molecule is COc1cc2c(cn1)OC[C@H](C(F)(F)F)Cc1ccc(Cl)c(F)c1-2. The second-order valence-electron chi connectivity index (χ2n) is 5.37. The van der Waals surface area contributed by atoms with E-state index in [1.807, 2.05) is 0 Å². The standard InChI is InChI=1S/C16H12ClF4NO2/c1-23-13-5-10-12(6-22-13)24-7-9(16(19,20)21)4-8-2-3-11(17)15(18)14(8)10/h2-3,5-6,9H,4,7H2,1H3/t9-/m1/s1. The van der Waals surface area contributed by atoms with Crippen LogP contribution in [0.1, 0.15) is 5.56 Å². The number of benzene rings is 1. The maximum absolute atomic E-state index is 14.6. The molecule has 0 spiro atoms. The van der Waals surface area contributed by atoms with Gasteiger partial charge in [0.2, 0.25) is 5.88 Å². The number of hydrogen-bond acceptors (Lipinski definition) is 3. The maximum atomic E-state index is 14.6. The molecule has 0 N–H and O–H groups in total. The zero-order valence-corrected chi connectivity index (χ0v) is 13.2. The van der Waals surface area contributed by atoms with Gasteiger partial charge in [-0.25, -0.2) is 9.37 Å². The third-order valence-corrected chi connectivity index (χ3v) is 4.16. The third kappa shape index (κ3) is 3.00. The van der Waals surface area contributed by atoms with Gasteiger partial charge in [-0.15, -0.1) is 0 Å². The van der Waals surface area contributed by atoms with Crippen molar-refractivity contribution in [1.82, 2.24) is 4.98 Å². The summed E-state index contributed by atoms with van der Waals surface area (Å²) in [6.45, 7) is -0.575. The van der Waals surface area contributed by atoms with Gasteiger partial charge in [0.1, 0.15) is 18.2 Å². The second-order valence-corrected chi connectivity index (χ2v) is 5.78. The van der Waals surface area contributed by atoms with Crippen LogP contribution in [0.5, 0.6) is 11.6 Å². The number of nitrogens with zero attached hydrogens (tertiary/aromatic N) is 1. The van der Waals surface area contributed by atoms with Crippen LogP contribution in [0, 0.1) is 11.7 Å². The van der Waals surface area contributed by atoms with Crippen molar-refractivity contribution >= 4 is 11.6 Å². The van der Waals surface area contributed by atoms with Crippen molar-refractivity contribution in [3.63, 3.8) is 0 Å².